The quantitative estimate of drug-likeness (QED) is 0.751. The van der Waals surface area contributed by atoms with E-state index in [9.17, 15) is 5.11 Å². The number of hydrogen-bond acceptors (Lipinski definition) is 6. The minimum absolute atomic E-state index is 0.142. The van der Waals surface area contributed by atoms with Crippen LogP contribution in [0.1, 0.15) is 13.8 Å². The van der Waals surface area contributed by atoms with Crippen molar-refractivity contribution >= 4 is 0 Å². The second-order valence-electron chi connectivity index (χ2n) is 4.73. The summed E-state index contributed by atoms with van der Waals surface area (Å²) >= 11 is 0. The van der Waals surface area contributed by atoms with Gasteiger partial charge < -0.3 is 28.8 Å². The normalized spacial score (nSPS) is 44.6. The molecule has 100 valence electrons. The van der Waals surface area contributed by atoms with Crippen LogP contribution in [-0.2, 0) is 23.7 Å². The molecule has 0 spiro atoms. The Morgan fingerprint density at radius 2 is 1.76 bits per heavy atom. The van der Waals surface area contributed by atoms with Gasteiger partial charge >= 0.3 is 0 Å². The lowest BCUT2D eigenvalue weighted by atomic mass is 9.99. The maximum absolute atomic E-state index is 9.32. The predicted octanol–water partition coefficient (Wildman–Crippen LogP) is -0.115. The van der Waals surface area contributed by atoms with Crippen molar-refractivity contribution in [3.63, 3.8) is 0 Å². The van der Waals surface area contributed by atoms with E-state index < -0.39 is 18.2 Å². The van der Waals surface area contributed by atoms with Crippen LogP contribution in [0.25, 0.3) is 0 Å². The first-order valence-electron chi connectivity index (χ1n) is 5.70. The van der Waals surface area contributed by atoms with Gasteiger partial charge in [-0.25, -0.2) is 0 Å². The molecule has 0 radical (unpaired) electrons. The van der Waals surface area contributed by atoms with Crippen molar-refractivity contribution in [1.29, 1.82) is 0 Å². The van der Waals surface area contributed by atoms with Gasteiger partial charge in [0.15, 0.2) is 12.1 Å². The van der Waals surface area contributed by atoms with Gasteiger partial charge in [-0.3, -0.25) is 0 Å². The molecule has 0 amide bonds. The SMILES string of the molecule is COC1OC(CO)C2OC(C)(C)OC2C1OC. The topological polar surface area (TPSA) is 66.4 Å². The molecule has 0 aromatic carbocycles. The molecular weight excluding hydrogens is 228 g/mol. The van der Waals surface area contributed by atoms with E-state index in [0.29, 0.717) is 0 Å². The second-order valence-corrected chi connectivity index (χ2v) is 4.73. The first kappa shape index (κ1) is 13.2. The molecule has 2 aliphatic rings. The molecule has 2 rings (SSSR count). The molecule has 2 aliphatic heterocycles. The van der Waals surface area contributed by atoms with Crippen molar-refractivity contribution in [1.82, 2.24) is 0 Å². The molecule has 5 atom stereocenters. The first-order chi connectivity index (χ1) is 8.02. The largest absolute Gasteiger partial charge is 0.394 e. The predicted molar refractivity (Wildman–Crippen MR) is 57.4 cm³/mol. The summed E-state index contributed by atoms with van der Waals surface area (Å²) in [7, 11) is 3.11. The molecule has 2 fully saturated rings. The van der Waals surface area contributed by atoms with Crippen LogP contribution in [0.4, 0.5) is 0 Å². The zero-order chi connectivity index (χ0) is 12.6. The van der Waals surface area contributed by atoms with Crippen LogP contribution in [0.5, 0.6) is 0 Å². The van der Waals surface area contributed by atoms with Gasteiger partial charge in [0, 0.05) is 14.2 Å². The van der Waals surface area contributed by atoms with Gasteiger partial charge in [-0.05, 0) is 13.8 Å². The molecule has 6 nitrogen and oxygen atoms in total. The van der Waals surface area contributed by atoms with Crippen molar-refractivity contribution in [3.05, 3.63) is 0 Å². The Bertz CT molecular complexity index is 269. The average molecular weight is 248 g/mol. The molecule has 5 unspecified atom stereocenters. The molecule has 0 aromatic rings. The highest BCUT2D eigenvalue weighted by Crippen LogP contribution is 2.38. The van der Waals surface area contributed by atoms with Crippen molar-refractivity contribution in [2.75, 3.05) is 20.8 Å². The average Bonchev–Trinajstić information content (AvgIpc) is 2.61. The van der Waals surface area contributed by atoms with Crippen LogP contribution in [0.3, 0.4) is 0 Å². The Morgan fingerprint density at radius 1 is 1.12 bits per heavy atom. The van der Waals surface area contributed by atoms with Crippen LogP contribution >= 0.6 is 0 Å². The van der Waals surface area contributed by atoms with Gasteiger partial charge in [-0.15, -0.1) is 0 Å². The van der Waals surface area contributed by atoms with Gasteiger partial charge in [0.05, 0.1) is 6.61 Å². The van der Waals surface area contributed by atoms with Crippen molar-refractivity contribution in [2.45, 2.75) is 50.3 Å². The van der Waals surface area contributed by atoms with Crippen LogP contribution in [0, 0.1) is 0 Å². The lowest BCUT2D eigenvalue weighted by Gasteiger charge is -2.40. The van der Waals surface area contributed by atoms with Crippen LogP contribution < -0.4 is 0 Å². The van der Waals surface area contributed by atoms with E-state index in [1.807, 2.05) is 13.8 Å². The van der Waals surface area contributed by atoms with E-state index in [-0.39, 0.29) is 24.9 Å². The fraction of sp³-hybridized carbons (Fsp3) is 1.00. The number of hydrogen-bond donors (Lipinski definition) is 1. The third-order valence-corrected chi connectivity index (χ3v) is 3.12. The Kier molecular flexibility index (Phi) is 3.72. The van der Waals surface area contributed by atoms with Crippen LogP contribution in [0.2, 0.25) is 0 Å². The minimum Gasteiger partial charge on any atom is -0.394 e. The molecule has 0 aromatic heterocycles. The van der Waals surface area contributed by atoms with Gasteiger partial charge in [0.1, 0.15) is 24.4 Å². The third kappa shape index (κ3) is 2.33. The third-order valence-electron chi connectivity index (χ3n) is 3.12. The van der Waals surface area contributed by atoms with Gasteiger partial charge in [-0.1, -0.05) is 0 Å². The molecule has 6 heteroatoms. The lowest BCUT2D eigenvalue weighted by Crippen LogP contribution is -2.58. The van der Waals surface area contributed by atoms with E-state index >= 15 is 0 Å². The summed E-state index contributed by atoms with van der Waals surface area (Å²) < 4.78 is 27.7. The second kappa shape index (κ2) is 4.79. The molecule has 0 aliphatic carbocycles. The van der Waals surface area contributed by atoms with Crippen LogP contribution in [-0.4, -0.2) is 62.4 Å². The summed E-state index contributed by atoms with van der Waals surface area (Å²) in [5.74, 6) is -0.703. The summed E-state index contributed by atoms with van der Waals surface area (Å²) in [5, 5.41) is 9.32. The molecule has 0 bridgehead atoms. The first-order valence-corrected chi connectivity index (χ1v) is 5.70. The van der Waals surface area contributed by atoms with Crippen molar-refractivity contribution < 1.29 is 28.8 Å². The highest BCUT2D eigenvalue weighted by Gasteiger charge is 2.55. The molecule has 2 heterocycles. The Balaban J connectivity index is 2.21. The van der Waals surface area contributed by atoms with Gasteiger partial charge in [0.25, 0.3) is 0 Å². The standard InChI is InChI=1S/C11H20O6/c1-11(2)16-7-6(5-12)15-10(14-4)9(13-3)8(7)17-11/h6-10,12H,5H2,1-4H3. The highest BCUT2D eigenvalue weighted by atomic mass is 16.8. The molecule has 0 saturated carbocycles. The van der Waals surface area contributed by atoms with Crippen molar-refractivity contribution in [3.8, 4) is 0 Å². The zero-order valence-electron chi connectivity index (χ0n) is 10.6. The van der Waals surface area contributed by atoms with E-state index in [0.717, 1.165) is 0 Å². The summed E-state index contributed by atoms with van der Waals surface area (Å²) in [5.41, 5.74) is 0. The molecule has 1 N–H and O–H groups in total. The molecular formula is C11H20O6. The fourth-order valence-electron chi connectivity index (χ4n) is 2.42. The van der Waals surface area contributed by atoms with E-state index in [2.05, 4.69) is 0 Å². The number of methoxy groups -OCH3 is 2. The van der Waals surface area contributed by atoms with E-state index in [1.165, 1.54) is 7.11 Å². The number of aliphatic hydroxyl groups excluding tert-OH is 1. The van der Waals surface area contributed by atoms with Crippen LogP contribution in [0.15, 0.2) is 0 Å². The number of rotatable bonds is 3. The minimum atomic E-state index is -0.703. The van der Waals surface area contributed by atoms with Crippen molar-refractivity contribution in [2.24, 2.45) is 0 Å². The number of aliphatic hydroxyl groups is 1. The Labute approximate surface area is 101 Å². The smallest absolute Gasteiger partial charge is 0.186 e. The monoisotopic (exact) mass is 248 g/mol. The van der Waals surface area contributed by atoms with E-state index in [1.54, 1.807) is 7.11 Å². The summed E-state index contributed by atoms with van der Waals surface area (Å²) in [6.45, 7) is 3.51. The Hall–Kier alpha value is -0.240. The zero-order valence-corrected chi connectivity index (χ0v) is 10.6. The summed E-state index contributed by atoms with van der Waals surface area (Å²) in [6.07, 6.45) is -2.03. The highest BCUT2D eigenvalue weighted by molar-refractivity contribution is 4.97. The number of ether oxygens (including phenoxy) is 5. The van der Waals surface area contributed by atoms with E-state index in [4.69, 9.17) is 23.7 Å². The molecule has 2 saturated heterocycles. The van der Waals surface area contributed by atoms with Gasteiger partial charge in [-0.2, -0.15) is 0 Å². The number of fused-ring (bicyclic) bond motifs is 1. The summed E-state index contributed by atoms with van der Waals surface area (Å²) in [4.78, 5) is 0. The fourth-order valence-corrected chi connectivity index (χ4v) is 2.42. The molecule has 17 heavy (non-hydrogen) atoms. The summed E-state index contributed by atoms with van der Waals surface area (Å²) in [6, 6.07) is 0. The lowest BCUT2D eigenvalue weighted by molar-refractivity contribution is -0.279. The van der Waals surface area contributed by atoms with Gasteiger partial charge in [0.2, 0.25) is 0 Å². The maximum Gasteiger partial charge on any atom is 0.186 e. The Morgan fingerprint density at radius 3 is 2.29 bits per heavy atom. The maximum atomic E-state index is 9.32.